The Morgan fingerprint density at radius 3 is 3.00 bits per heavy atom. The number of nitrogens with two attached hydrogens (primary N) is 1. The van der Waals surface area contributed by atoms with Crippen molar-refractivity contribution in [3.05, 3.63) is 12.7 Å². The topological polar surface area (TPSA) is 56.7 Å². The van der Waals surface area contributed by atoms with Crippen molar-refractivity contribution in [2.45, 2.75) is 32.4 Å². The van der Waals surface area contributed by atoms with Crippen LogP contribution in [0.5, 0.6) is 0 Å². The molecule has 1 rings (SSSR count). The van der Waals surface area contributed by atoms with Crippen LogP contribution >= 0.6 is 0 Å². The van der Waals surface area contributed by atoms with E-state index in [4.69, 9.17) is 5.73 Å². The molecule has 0 aliphatic rings. The molecular formula is C7H14N4. The van der Waals surface area contributed by atoms with Crippen LogP contribution in [0.2, 0.25) is 0 Å². The summed E-state index contributed by atoms with van der Waals surface area (Å²) in [6, 6.07) is 0.290. The van der Waals surface area contributed by atoms with Gasteiger partial charge in [0.2, 0.25) is 0 Å². The van der Waals surface area contributed by atoms with Crippen LogP contribution in [0.1, 0.15) is 19.8 Å². The van der Waals surface area contributed by atoms with Crippen LogP contribution in [0.25, 0.3) is 0 Å². The summed E-state index contributed by atoms with van der Waals surface area (Å²) in [5, 5.41) is 3.98. The highest BCUT2D eigenvalue weighted by atomic mass is 15.3. The highest BCUT2D eigenvalue weighted by Gasteiger charge is 1.94. The molecule has 1 aromatic rings. The van der Waals surface area contributed by atoms with Crippen molar-refractivity contribution in [1.82, 2.24) is 14.8 Å². The molecule has 0 saturated carbocycles. The highest BCUT2D eigenvalue weighted by Crippen LogP contribution is 1.95. The van der Waals surface area contributed by atoms with E-state index in [1.807, 2.05) is 11.6 Å². The number of hydrogen-bond acceptors (Lipinski definition) is 3. The molecule has 0 bridgehead atoms. The van der Waals surface area contributed by atoms with Gasteiger partial charge in [-0.25, -0.2) is 4.98 Å². The fraction of sp³-hybridized carbons (Fsp3) is 0.714. The summed E-state index contributed by atoms with van der Waals surface area (Å²) in [5.41, 5.74) is 5.59. The molecule has 0 aliphatic heterocycles. The SMILES string of the molecule is CC(N)CCCn1cncn1. The molecule has 4 nitrogen and oxygen atoms in total. The predicted molar refractivity (Wildman–Crippen MR) is 42.9 cm³/mol. The lowest BCUT2D eigenvalue weighted by Gasteiger charge is -2.03. The Labute approximate surface area is 66.4 Å². The molecule has 62 valence electrons. The molecule has 0 amide bonds. The van der Waals surface area contributed by atoms with Crippen molar-refractivity contribution in [3.8, 4) is 0 Å². The predicted octanol–water partition coefficient (Wildman–Crippen LogP) is 0.405. The first-order chi connectivity index (χ1) is 5.29. The Balaban J connectivity index is 2.14. The molecule has 0 saturated heterocycles. The third-order valence-electron chi connectivity index (χ3n) is 1.51. The Hall–Kier alpha value is -0.900. The van der Waals surface area contributed by atoms with Gasteiger partial charge in [-0.15, -0.1) is 0 Å². The van der Waals surface area contributed by atoms with Crippen LogP contribution < -0.4 is 5.73 Å². The number of hydrogen-bond donors (Lipinski definition) is 1. The summed E-state index contributed by atoms with van der Waals surface area (Å²) in [5.74, 6) is 0. The molecule has 1 heterocycles. The number of rotatable bonds is 4. The van der Waals surface area contributed by atoms with Crippen LogP contribution in [-0.4, -0.2) is 20.8 Å². The van der Waals surface area contributed by atoms with Gasteiger partial charge in [0.15, 0.2) is 0 Å². The number of aromatic nitrogens is 3. The zero-order valence-electron chi connectivity index (χ0n) is 6.77. The zero-order valence-corrected chi connectivity index (χ0v) is 6.77. The molecule has 1 aromatic heterocycles. The lowest BCUT2D eigenvalue weighted by Crippen LogP contribution is -2.15. The van der Waals surface area contributed by atoms with E-state index in [9.17, 15) is 0 Å². The maximum Gasteiger partial charge on any atom is 0.137 e. The maximum absolute atomic E-state index is 5.59. The van der Waals surface area contributed by atoms with Gasteiger partial charge < -0.3 is 5.73 Å². The summed E-state index contributed by atoms with van der Waals surface area (Å²) in [6.07, 6.45) is 5.38. The van der Waals surface area contributed by atoms with Gasteiger partial charge in [0.1, 0.15) is 12.7 Å². The second-order valence-corrected chi connectivity index (χ2v) is 2.78. The van der Waals surface area contributed by atoms with E-state index in [2.05, 4.69) is 10.1 Å². The monoisotopic (exact) mass is 154 g/mol. The molecule has 1 unspecified atom stereocenters. The number of nitrogens with zero attached hydrogens (tertiary/aromatic N) is 3. The van der Waals surface area contributed by atoms with E-state index in [1.54, 1.807) is 12.7 Å². The molecule has 2 N–H and O–H groups in total. The second-order valence-electron chi connectivity index (χ2n) is 2.78. The Morgan fingerprint density at radius 1 is 1.64 bits per heavy atom. The largest absolute Gasteiger partial charge is 0.328 e. The van der Waals surface area contributed by atoms with Gasteiger partial charge in [-0.3, -0.25) is 4.68 Å². The van der Waals surface area contributed by atoms with E-state index in [0.717, 1.165) is 19.4 Å². The van der Waals surface area contributed by atoms with Crippen molar-refractivity contribution < 1.29 is 0 Å². The minimum atomic E-state index is 0.290. The van der Waals surface area contributed by atoms with Crippen LogP contribution in [0, 0.1) is 0 Å². The number of aryl methyl sites for hydroxylation is 1. The molecule has 0 spiro atoms. The van der Waals surface area contributed by atoms with Crippen LogP contribution in [-0.2, 0) is 6.54 Å². The molecule has 0 aromatic carbocycles. The Kier molecular flexibility index (Phi) is 3.04. The van der Waals surface area contributed by atoms with Gasteiger partial charge in [0, 0.05) is 12.6 Å². The van der Waals surface area contributed by atoms with E-state index < -0.39 is 0 Å². The quantitative estimate of drug-likeness (QED) is 0.683. The smallest absolute Gasteiger partial charge is 0.137 e. The van der Waals surface area contributed by atoms with Crippen molar-refractivity contribution in [2.24, 2.45) is 5.73 Å². The zero-order chi connectivity index (χ0) is 8.10. The first-order valence-electron chi connectivity index (χ1n) is 3.87. The van der Waals surface area contributed by atoms with Gasteiger partial charge >= 0.3 is 0 Å². The van der Waals surface area contributed by atoms with Gasteiger partial charge in [-0.1, -0.05) is 0 Å². The maximum atomic E-state index is 5.59. The third-order valence-corrected chi connectivity index (χ3v) is 1.51. The van der Waals surface area contributed by atoms with Crippen molar-refractivity contribution >= 4 is 0 Å². The van der Waals surface area contributed by atoms with E-state index in [1.165, 1.54) is 0 Å². The second kappa shape index (κ2) is 4.08. The minimum absolute atomic E-state index is 0.290. The van der Waals surface area contributed by atoms with E-state index >= 15 is 0 Å². The standard InChI is InChI=1S/C7H14N4/c1-7(8)3-2-4-11-6-9-5-10-11/h5-7H,2-4,8H2,1H3. The van der Waals surface area contributed by atoms with Crippen LogP contribution in [0.15, 0.2) is 12.7 Å². The summed E-state index contributed by atoms with van der Waals surface area (Å²) >= 11 is 0. The molecular weight excluding hydrogens is 140 g/mol. The Morgan fingerprint density at radius 2 is 2.45 bits per heavy atom. The summed E-state index contributed by atoms with van der Waals surface area (Å²) in [7, 11) is 0. The van der Waals surface area contributed by atoms with Crippen molar-refractivity contribution in [2.75, 3.05) is 0 Å². The molecule has 0 fully saturated rings. The molecule has 0 radical (unpaired) electrons. The molecule has 11 heavy (non-hydrogen) atoms. The van der Waals surface area contributed by atoms with E-state index in [0.29, 0.717) is 6.04 Å². The normalized spacial score (nSPS) is 13.3. The lowest BCUT2D eigenvalue weighted by molar-refractivity contribution is 0.524. The minimum Gasteiger partial charge on any atom is -0.328 e. The van der Waals surface area contributed by atoms with Crippen molar-refractivity contribution in [3.63, 3.8) is 0 Å². The summed E-state index contributed by atoms with van der Waals surface area (Å²) < 4.78 is 1.82. The fourth-order valence-electron chi connectivity index (χ4n) is 0.923. The van der Waals surface area contributed by atoms with Crippen molar-refractivity contribution in [1.29, 1.82) is 0 Å². The van der Waals surface area contributed by atoms with Gasteiger partial charge in [-0.2, -0.15) is 5.10 Å². The summed E-state index contributed by atoms with van der Waals surface area (Å²) in [4.78, 5) is 3.84. The summed E-state index contributed by atoms with van der Waals surface area (Å²) in [6.45, 7) is 2.93. The first-order valence-corrected chi connectivity index (χ1v) is 3.87. The van der Waals surface area contributed by atoms with Crippen LogP contribution in [0.4, 0.5) is 0 Å². The molecule has 4 heteroatoms. The van der Waals surface area contributed by atoms with Gasteiger partial charge in [0.05, 0.1) is 0 Å². The van der Waals surface area contributed by atoms with Gasteiger partial charge in [0.25, 0.3) is 0 Å². The average molecular weight is 154 g/mol. The van der Waals surface area contributed by atoms with Gasteiger partial charge in [-0.05, 0) is 19.8 Å². The fourth-order valence-corrected chi connectivity index (χ4v) is 0.923. The van der Waals surface area contributed by atoms with E-state index in [-0.39, 0.29) is 0 Å². The Bertz CT molecular complexity index is 180. The van der Waals surface area contributed by atoms with Crippen LogP contribution in [0.3, 0.4) is 0 Å². The lowest BCUT2D eigenvalue weighted by atomic mass is 10.2. The molecule has 0 aliphatic carbocycles. The molecule has 1 atom stereocenters. The average Bonchev–Trinajstić information content (AvgIpc) is 2.39. The first kappa shape index (κ1) is 8.20. The third kappa shape index (κ3) is 3.13. The highest BCUT2D eigenvalue weighted by molar-refractivity contribution is 4.58.